The van der Waals surface area contributed by atoms with Crippen molar-refractivity contribution in [2.24, 2.45) is 17.3 Å². The van der Waals surface area contributed by atoms with Crippen LogP contribution in [0.1, 0.15) is 87.7 Å². The molecule has 0 radical (unpaired) electrons. The number of fused-ring (bicyclic) bond motifs is 3. The van der Waals surface area contributed by atoms with Gasteiger partial charge in [-0.1, -0.05) is 92.7 Å². The van der Waals surface area contributed by atoms with Crippen molar-refractivity contribution in [1.82, 2.24) is 40.4 Å². The van der Waals surface area contributed by atoms with Crippen LogP contribution in [0.4, 0.5) is 9.59 Å². The molecule has 14 nitrogen and oxygen atoms in total. The van der Waals surface area contributed by atoms with E-state index in [-0.39, 0.29) is 41.3 Å². The number of carbonyl (C=O) groups excluding carboxylic acids is 4. The van der Waals surface area contributed by atoms with Crippen molar-refractivity contribution < 1.29 is 28.7 Å². The number of H-pyrrole nitrogens is 2. The van der Waals surface area contributed by atoms with Crippen LogP contribution in [-0.4, -0.2) is 86.6 Å². The maximum absolute atomic E-state index is 14.3. The third kappa shape index (κ3) is 7.99. The number of piperidine rings is 1. The Hall–Kier alpha value is -6.96. The normalized spacial score (nSPS) is 21.4. The molecule has 14 heteroatoms. The molecule has 4 amide bonds. The average Bonchev–Trinajstić information content (AvgIpc) is 3.97. The zero-order valence-electron chi connectivity index (χ0n) is 37.0. The zero-order valence-corrected chi connectivity index (χ0v) is 37.0. The second-order valence-electron chi connectivity index (χ2n) is 18.7. The zero-order chi connectivity index (χ0) is 45.0. The van der Waals surface area contributed by atoms with Crippen molar-refractivity contribution in [3.8, 4) is 33.6 Å². The van der Waals surface area contributed by atoms with Gasteiger partial charge in [-0.15, -0.1) is 0 Å². The summed E-state index contributed by atoms with van der Waals surface area (Å²) in [6, 6.07) is 28.7. The number of alkyl carbamates (subject to hydrolysis) is 2. The van der Waals surface area contributed by atoms with Crippen LogP contribution >= 0.6 is 0 Å². The summed E-state index contributed by atoms with van der Waals surface area (Å²) in [5.41, 5.74) is 6.70. The minimum absolute atomic E-state index is 0.0780. The number of aromatic amines is 2. The van der Waals surface area contributed by atoms with Crippen molar-refractivity contribution in [3.63, 3.8) is 0 Å². The first-order chi connectivity index (χ1) is 31.5. The minimum Gasteiger partial charge on any atom is -0.453 e. The molecule has 6 aromatic rings. The van der Waals surface area contributed by atoms with Crippen molar-refractivity contribution >= 4 is 34.8 Å². The quantitative estimate of drug-likeness (QED) is 0.0999. The summed E-state index contributed by atoms with van der Waals surface area (Å²) in [5, 5.41) is 7.73. The van der Waals surface area contributed by atoms with Crippen LogP contribution < -0.4 is 10.6 Å². The maximum atomic E-state index is 14.3. The SMILES string of the molecule is COC(=O)NC(C(=O)N1CC2(CC2)C[C@H]1c1ncc(-c2ccc3cc(-c4ccc(-c5cnc([C@@H]6[C@H]7CCC(C7)N6C(=O)[C@@H](NC(=O)OC)C(C)C)[nH]5)cc4)ccc3c2)[nH]1)c1ccccc1. The largest absolute Gasteiger partial charge is 0.453 e. The second-order valence-corrected chi connectivity index (χ2v) is 18.7. The van der Waals surface area contributed by atoms with Crippen LogP contribution in [0, 0.1) is 17.3 Å². The summed E-state index contributed by atoms with van der Waals surface area (Å²) in [6.07, 6.45) is 8.29. The van der Waals surface area contributed by atoms with Crippen molar-refractivity contribution in [1.29, 1.82) is 0 Å². The molecule has 334 valence electrons. The molecule has 2 aliphatic heterocycles. The van der Waals surface area contributed by atoms with E-state index in [1.54, 1.807) is 0 Å². The van der Waals surface area contributed by atoms with Gasteiger partial charge < -0.3 is 39.9 Å². The maximum Gasteiger partial charge on any atom is 0.407 e. The molecule has 1 spiro atoms. The lowest BCUT2D eigenvalue weighted by Gasteiger charge is -2.37. The van der Waals surface area contributed by atoms with Gasteiger partial charge >= 0.3 is 12.2 Å². The third-order valence-electron chi connectivity index (χ3n) is 14.3. The Morgan fingerprint density at radius 3 is 2.03 bits per heavy atom. The van der Waals surface area contributed by atoms with E-state index in [4.69, 9.17) is 19.4 Å². The molecule has 2 saturated heterocycles. The molecule has 4 fully saturated rings. The van der Waals surface area contributed by atoms with E-state index < -0.39 is 24.3 Å². The number of rotatable bonds is 11. The molecule has 6 atom stereocenters. The molecule has 2 aliphatic carbocycles. The number of carbonyl (C=O) groups is 4. The van der Waals surface area contributed by atoms with Gasteiger partial charge in [0.05, 0.1) is 50.1 Å². The predicted octanol–water partition coefficient (Wildman–Crippen LogP) is 8.87. The van der Waals surface area contributed by atoms with Gasteiger partial charge in [0.25, 0.3) is 5.91 Å². The molecule has 2 bridgehead atoms. The highest BCUT2D eigenvalue weighted by molar-refractivity contribution is 5.91. The number of imidazole rings is 2. The van der Waals surface area contributed by atoms with Gasteiger partial charge in [-0.25, -0.2) is 19.6 Å². The number of aromatic nitrogens is 4. The highest BCUT2D eigenvalue weighted by Crippen LogP contribution is 2.58. The Kier molecular flexibility index (Phi) is 10.9. The summed E-state index contributed by atoms with van der Waals surface area (Å²) >= 11 is 0. The first-order valence-electron chi connectivity index (χ1n) is 22.6. The summed E-state index contributed by atoms with van der Waals surface area (Å²) in [6.45, 7) is 4.48. The molecule has 4 aromatic carbocycles. The van der Waals surface area contributed by atoms with Crippen LogP contribution in [0.25, 0.3) is 44.4 Å². The standard InChI is InChI=1S/C51H54N8O6/c1-29(2)42(56-49(62)64-3)48(61)59-38-19-18-37(24-38)44(59)46-53-26-39(55-46)31-12-10-30(11-13-31)33-14-15-35-23-36(17-16-34(35)22-33)40-27-52-45(54-40)41-25-51(20-21-51)28-58(41)47(60)43(57-50(63)65-4)32-8-6-5-7-9-32/h5-17,22-23,26-27,29,37-38,41-44H,18-21,24-25,28H2,1-4H3,(H,52,54)(H,53,55)(H,56,62)(H,57,63)/t37-,38?,41-,42-,43?,44-/m0/s1. The molecule has 4 aliphatic rings. The average molecular weight is 875 g/mol. The monoisotopic (exact) mass is 874 g/mol. The molecule has 2 unspecified atom stereocenters. The molecule has 10 rings (SSSR count). The highest BCUT2D eigenvalue weighted by Gasteiger charge is 2.55. The van der Waals surface area contributed by atoms with E-state index in [1.807, 2.05) is 66.4 Å². The Balaban J connectivity index is 0.839. The molecule has 65 heavy (non-hydrogen) atoms. The number of benzene rings is 4. The topological polar surface area (TPSA) is 175 Å². The summed E-state index contributed by atoms with van der Waals surface area (Å²) in [4.78, 5) is 73.4. The second kappa shape index (κ2) is 16.9. The minimum atomic E-state index is -0.881. The molecule has 4 N–H and O–H groups in total. The highest BCUT2D eigenvalue weighted by atomic mass is 16.5. The summed E-state index contributed by atoms with van der Waals surface area (Å²) in [5.74, 6) is 1.44. The van der Waals surface area contributed by atoms with E-state index in [2.05, 4.69) is 81.3 Å². The first-order valence-corrected chi connectivity index (χ1v) is 22.6. The van der Waals surface area contributed by atoms with Crippen LogP contribution in [0.15, 0.2) is 103 Å². The molecule has 4 heterocycles. The van der Waals surface area contributed by atoms with Gasteiger partial charge in [-0.3, -0.25) is 9.59 Å². The first kappa shape index (κ1) is 42.0. The van der Waals surface area contributed by atoms with Gasteiger partial charge in [0, 0.05) is 18.2 Å². The number of likely N-dealkylation sites (tertiary alicyclic amines) is 2. The van der Waals surface area contributed by atoms with Crippen LogP contribution in [0.2, 0.25) is 0 Å². The van der Waals surface area contributed by atoms with E-state index in [0.29, 0.717) is 18.0 Å². The van der Waals surface area contributed by atoms with Crippen molar-refractivity contribution in [2.75, 3.05) is 20.8 Å². The lowest BCUT2D eigenvalue weighted by atomic mass is 9.95. The van der Waals surface area contributed by atoms with Gasteiger partial charge in [0.15, 0.2) is 0 Å². The van der Waals surface area contributed by atoms with Crippen LogP contribution in [-0.2, 0) is 19.1 Å². The van der Waals surface area contributed by atoms with Gasteiger partial charge in [-0.05, 0) is 101 Å². The molecule has 2 aromatic heterocycles. The van der Waals surface area contributed by atoms with E-state index >= 15 is 0 Å². The predicted molar refractivity (Wildman–Crippen MR) is 245 cm³/mol. The van der Waals surface area contributed by atoms with Crippen molar-refractivity contribution in [2.45, 2.75) is 82.6 Å². The number of amides is 4. The fourth-order valence-corrected chi connectivity index (χ4v) is 10.6. The number of nitrogens with zero attached hydrogens (tertiary/aromatic N) is 4. The molecular formula is C51H54N8O6. The number of hydrogen-bond donors (Lipinski definition) is 4. The van der Waals surface area contributed by atoms with Crippen LogP contribution in [0.5, 0.6) is 0 Å². The smallest absolute Gasteiger partial charge is 0.407 e. The lowest BCUT2D eigenvalue weighted by Crippen LogP contribution is -2.54. The van der Waals surface area contributed by atoms with Gasteiger partial charge in [0.1, 0.15) is 23.7 Å². The fraction of sp³-hybridized carbons (Fsp3) is 0.373. The van der Waals surface area contributed by atoms with Gasteiger partial charge in [-0.2, -0.15) is 0 Å². The molecular weight excluding hydrogens is 821 g/mol. The number of hydrogen-bond acceptors (Lipinski definition) is 8. The lowest BCUT2D eigenvalue weighted by molar-refractivity contribution is -0.139. The Bertz CT molecular complexity index is 2760. The molecule has 2 saturated carbocycles. The number of methoxy groups -OCH3 is 2. The van der Waals surface area contributed by atoms with Crippen molar-refractivity contribution in [3.05, 3.63) is 121 Å². The summed E-state index contributed by atoms with van der Waals surface area (Å²) < 4.78 is 9.73. The van der Waals surface area contributed by atoms with Crippen LogP contribution in [0.3, 0.4) is 0 Å². The fourth-order valence-electron chi connectivity index (χ4n) is 10.6. The number of nitrogens with one attached hydrogen (secondary N) is 4. The number of ether oxygens (including phenoxy) is 2. The Morgan fingerprint density at radius 2 is 1.34 bits per heavy atom. The third-order valence-corrected chi connectivity index (χ3v) is 14.3. The summed E-state index contributed by atoms with van der Waals surface area (Å²) in [7, 11) is 2.61. The van der Waals surface area contributed by atoms with E-state index in [1.165, 1.54) is 14.2 Å². The van der Waals surface area contributed by atoms with E-state index in [9.17, 15) is 19.2 Å². The Labute approximate surface area is 377 Å². The Morgan fingerprint density at radius 1 is 0.723 bits per heavy atom. The van der Waals surface area contributed by atoms with E-state index in [0.717, 1.165) is 94.6 Å². The van der Waals surface area contributed by atoms with Gasteiger partial charge in [0.2, 0.25) is 5.91 Å².